The zero-order valence-electron chi connectivity index (χ0n) is 15.2. The van der Waals surface area contributed by atoms with E-state index < -0.39 is 0 Å². The lowest BCUT2D eigenvalue weighted by atomic mass is 9.49. The van der Waals surface area contributed by atoms with Crippen molar-refractivity contribution in [2.45, 2.75) is 52.4 Å². The van der Waals surface area contributed by atoms with Crippen molar-refractivity contribution in [3.63, 3.8) is 0 Å². The smallest absolute Gasteiger partial charge is 0.155 e. The molecule has 25 heavy (non-hydrogen) atoms. The van der Waals surface area contributed by atoms with Crippen LogP contribution in [0.5, 0.6) is 0 Å². The van der Waals surface area contributed by atoms with Crippen molar-refractivity contribution in [2.75, 3.05) is 0 Å². The first kappa shape index (κ1) is 15.4. The number of nitrogens with zero attached hydrogens (tertiary/aromatic N) is 2. The summed E-state index contributed by atoms with van der Waals surface area (Å²) < 4.78 is 2.19. The molecule has 2 unspecified atom stereocenters. The van der Waals surface area contributed by atoms with Crippen LogP contribution in [-0.4, -0.2) is 15.3 Å². The molecule has 2 saturated carbocycles. The van der Waals surface area contributed by atoms with Crippen LogP contribution in [0.15, 0.2) is 48.1 Å². The van der Waals surface area contributed by atoms with Gasteiger partial charge < -0.3 is 4.57 Å². The monoisotopic (exact) mass is 334 g/mol. The summed E-state index contributed by atoms with van der Waals surface area (Å²) in [5.41, 5.74) is 4.82. The van der Waals surface area contributed by atoms with E-state index in [1.54, 1.807) is 5.57 Å². The Morgan fingerprint density at radius 1 is 1.16 bits per heavy atom. The van der Waals surface area contributed by atoms with Gasteiger partial charge in [-0.1, -0.05) is 31.1 Å². The number of allylic oxidation sites excluding steroid dienone is 6. The predicted molar refractivity (Wildman–Crippen MR) is 98.6 cm³/mol. The Morgan fingerprint density at radius 3 is 2.84 bits per heavy atom. The van der Waals surface area contributed by atoms with Crippen LogP contribution in [0.4, 0.5) is 0 Å². The molecule has 2 fully saturated rings. The summed E-state index contributed by atoms with van der Waals surface area (Å²) in [6.45, 7) is 4.86. The summed E-state index contributed by atoms with van der Waals surface area (Å²) in [6.07, 6.45) is 19.1. The number of aromatic nitrogens is 2. The third kappa shape index (κ3) is 1.98. The highest BCUT2D eigenvalue weighted by Gasteiger charge is 2.54. The molecule has 3 heteroatoms. The summed E-state index contributed by atoms with van der Waals surface area (Å²) in [4.78, 5) is 16.2. The van der Waals surface area contributed by atoms with Crippen LogP contribution < -0.4 is 0 Å². The van der Waals surface area contributed by atoms with E-state index in [0.717, 1.165) is 19.3 Å². The molecular formula is C22H26N2O. The van der Waals surface area contributed by atoms with Crippen molar-refractivity contribution in [2.24, 2.45) is 22.7 Å². The van der Waals surface area contributed by atoms with Crippen LogP contribution in [-0.2, 0) is 4.79 Å². The molecule has 1 heterocycles. The topological polar surface area (TPSA) is 34.9 Å². The van der Waals surface area contributed by atoms with Crippen molar-refractivity contribution in [1.82, 2.24) is 9.55 Å². The minimum absolute atomic E-state index is 0.143. The highest BCUT2D eigenvalue weighted by Crippen LogP contribution is 2.64. The standard InChI is InChI=1S/C22H26N2O/c1-21-9-7-16(25)13-15(21)3-4-17-18-5-6-20(24-12-11-23-14-24)22(18,2)10-8-19(17)21/h5-6,11-14,17,19H,3-4,7-10H2,1-2H3/t17?,19?,21-,22-/m0/s1. The average Bonchev–Trinajstić information content (AvgIpc) is 3.22. The SMILES string of the molecule is C[C@]12CCC3C(CCC4=CC(=O)CC[C@@]43C)C1=CC=C2n1ccnc1. The number of carbonyl (C=O) groups excluding carboxylic acids is 1. The summed E-state index contributed by atoms with van der Waals surface area (Å²) in [6, 6.07) is 0. The number of carbonyl (C=O) groups is 1. The van der Waals surface area contributed by atoms with Gasteiger partial charge in [0.2, 0.25) is 0 Å². The first-order valence-electron chi connectivity index (χ1n) is 9.67. The Hall–Kier alpha value is -1.90. The molecule has 0 bridgehead atoms. The van der Waals surface area contributed by atoms with E-state index in [0.29, 0.717) is 17.6 Å². The fourth-order valence-electron chi connectivity index (χ4n) is 6.31. The quantitative estimate of drug-likeness (QED) is 0.740. The molecule has 1 aromatic rings. The van der Waals surface area contributed by atoms with Gasteiger partial charge in [-0.3, -0.25) is 4.79 Å². The first-order chi connectivity index (χ1) is 12.0. The summed E-state index contributed by atoms with van der Waals surface area (Å²) in [5, 5.41) is 0. The van der Waals surface area contributed by atoms with Crippen LogP contribution in [0.3, 0.4) is 0 Å². The zero-order valence-corrected chi connectivity index (χ0v) is 15.2. The van der Waals surface area contributed by atoms with Gasteiger partial charge in [0.1, 0.15) is 0 Å². The van der Waals surface area contributed by atoms with Gasteiger partial charge in [0.15, 0.2) is 5.78 Å². The van der Waals surface area contributed by atoms with E-state index in [9.17, 15) is 4.79 Å². The molecule has 0 radical (unpaired) electrons. The Morgan fingerprint density at radius 2 is 2.04 bits per heavy atom. The highest BCUT2D eigenvalue weighted by atomic mass is 16.1. The normalized spacial score (nSPS) is 39.8. The first-order valence-corrected chi connectivity index (χ1v) is 9.67. The number of rotatable bonds is 1. The Bertz CT molecular complexity index is 828. The maximum Gasteiger partial charge on any atom is 0.155 e. The van der Waals surface area contributed by atoms with Gasteiger partial charge in [-0.2, -0.15) is 0 Å². The molecular weight excluding hydrogens is 308 g/mol. The fourth-order valence-corrected chi connectivity index (χ4v) is 6.31. The lowest BCUT2D eigenvalue weighted by Gasteiger charge is -2.55. The van der Waals surface area contributed by atoms with Crippen LogP contribution in [0.1, 0.15) is 52.4 Å². The molecule has 0 aromatic carbocycles. The second-order valence-electron chi connectivity index (χ2n) is 8.82. The largest absolute Gasteiger partial charge is 0.309 e. The van der Waals surface area contributed by atoms with Crippen LogP contribution in [0, 0.1) is 22.7 Å². The van der Waals surface area contributed by atoms with Gasteiger partial charge in [-0.05, 0) is 61.5 Å². The Balaban J connectivity index is 1.51. The van der Waals surface area contributed by atoms with Gasteiger partial charge in [-0.25, -0.2) is 4.98 Å². The maximum atomic E-state index is 11.9. The van der Waals surface area contributed by atoms with E-state index in [2.05, 4.69) is 41.7 Å². The third-order valence-electron chi connectivity index (χ3n) is 7.75. The van der Waals surface area contributed by atoms with E-state index in [4.69, 9.17) is 0 Å². The molecule has 0 spiro atoms. The van der Waals surface area contributed by atoms with Gasteiger partial charge >= 0.3 is 0 Å². The van der Waals surface area contributed by atoms with Gasteiger partial charge in [0.05, 0.1) is 6.33 Å². The molecule has 4 atom stereocenters. The summed E-state index contributed by atoms with van der Waals surface area (Å²) in [7, 11) is 0. The van der Waals surface area contributed by atoms with Crippen molar-refractivity contribution < 1.29 is 4.79 Å². The Labute approximate surface area is 149 Å². The van der Waals surface area contributed by atoms with E-state index >= 15 is 0 Å². The van der Waals surface area contributed by atoms with Crippen molar-refractivity contribution in [3.05, 3.63) is 48.1 Å². The molecule has 4 aliphatic rings. The second-order valence-corrected chi connectivity index (χ2v) is 8.82. The third-order valence-corrected chi connectivity index (χ3v) is 7.75. The number of fused-ring (bicyclic) bond motifs is 5. The molecule has 5 rings (SSSR count). The molecule has 1 aromatic heterocycles. The molecule has 130 valence electrons. The molecule has 4 aliphatic carbocycles. The van der Waals surface area contributed by atoms with Gasteiger partial charge in [0, 0.05) is 29.9 Å². The molecule has 0 N–H and O–H groups in total. The lowest BCUT2D eigenvalue weighted by molar-refractivity contribution is -0.116. The molecule has 0 amide bonds. The van der Waals surface area contributed by atoms with Crippen molar-refractivity contribution >= 4 is 11.5 Å². The van der Waals surface area contributed by atoms with Crippen LogP contribution in [0.2, 0.25) is 0 Å². The highest BCUT2D eigenvalue weighted by molar-refractivity contribution is 5.91. The number of hydrogen-bond acceptors (Lipinski definition) is 2. The summed E-state index contributed by atoms with van der Waals surface area (Å²) in [5.74, 6) is 1.69. The van der Waals surface area contributed by atoms with E-state index in [1.165, 1.54) is 30.5 Å². The minimum atomic E-state index is 0.143. The zero-order chi connectivity index (χ0) is 17.2. The van der Waals surface area contributed by atoms with Crippen LogP contribution >= 0.6 is 0 Å². The fraction of sp³-hybridized carbons (Fsp3) is 0.545. The second kappa shape index (κ2) is 5.06. The van der Waals surface area contributed by atoms with E-state index in [-0.39, 0.29) is 10.8 Å². The minimum Gasteiger partial charge on any atom is -0.309 e. The predicted octanol–water partition coefficient (Wildman–Crippen LogP) is 4.79. The Kier molecular flexibility index (Phi) is 3.11. The van der Waals surface area contributed by atoms with Gasteiger partial charge in [-0.15, -0.1) is 0 Å². The van der Waals surface area contributed by atoms with Crippen molar-refractivity contribution in [1.29, 1.82) is 0 Å². The van der Waals surface area contributed by atoms with Gasteiger partial charge in [0.25, 0.3) is 0 Å². The molecule has 0 aliphatic heterocycles. The molecule has 0 saturated heterocycles. The average molecular weight is 334 g/mol. The van der Waals surface area contributed by atoms with E-state index in [1.807, 2.05) is 18.6 Å². The van der Waals surface area contributed by atoms with Crippen LogP contribution in [0.25, 0.3) is 5.70 Å². The maximum absolute atomic E-state index is 11.9. The lowest BCUT2D eigenvalue weighted by Crippen LogP contribution is -2.47. The van der Waals surface area contributed by atoms with Crippen molar-refractivity contribution in [3.8, 4) is 0 Å². The number of imidazole rings is 1. The molecule has 3 nitrogen and oxygen atoms in total. The summed E-state index contributed by atoms with van der Waals surface area (Å²) >= 11 is 0. The number of ketones is 1. The number of hydrogen-bond donors (Lipinski definition) is 0.